The Kier molecular flexibility index (Phi) is 6.29. The highest BCUT2D eigenvalue weighted by Gasteiger charge is 2.11. The fourth-order valence-corrected chi connectivity index (χ4v) is 1.63. The molecule has 0 aliphatic carbocycles. The summed E-state index contributed by atoms with van der Waals surface area (Å²) in [6, 6.07) is 1.88. The predicted molar refractivity (Wildman–Crippen MR) is 76.6 cm³/mol. The van der Waals surface area contributed by atoms with E-state index in [0.29, 0.717) is 18.7 Å². The van der Waals surface area contributed by atoms with E-state index in [1.165, 1.54) is 0 Å². The number of nitrogens with one attached hydrogen (secondary N) is 2. The third kappa shape index (κ3) is 5.26. The van der Waals surface area contributed by atoms with Crippen molar-refractivity contribution in [2.45, 2.75) is 33.8 Å². The van der Waals surface area contributed by atoms with Gasteiger partial charge in [0.15, 0.2) is 0 Å². The van der Waals surface area contributed by atoms with Crippen molar-refractivity contribution in [2.24, 2.45) is 0 Å². The molecule has 0 aromatic carbocycles. The van der Waals surface area contributed by atoms with Gasteiger partial charge >= 0.3 is 0 Å². The fourth-order valence-electron chi connectivity index (χ4n) is 1.63. The second-order valence-electron chi connectivity index (χ2n) is 4.58. The number of pyridine rings is 1. The SMILES string of the molecule is CCNc1cc(C)ncc1C(=O)NCCOC(C)C. The number of rotatable bonds is 7. The Hall–Kier alpha value is -1.62. The van der Waals surface area contributed by atoms with Gasteiger partial charge in [0, 0.05) is 25.0 Å². The van der Waals surface area contributed by atoms with Gasteiger partial charge in [-0.2, -0.15) is 0 Å². The van der Waals surface area contributed by atoms with Gasteiger partial charge in [0.2, 0.25) is 0 Å². The number of ether oxygens (including phenoxy) is 1. The number of hydrogen-bond donors (Lipinski definition) is 2. The Morgan fingerprint density at radius 1 is 1.47 bits per heavy atom. The average molecular weight is 265 g/mol. The topological polar surface area (TPSA) is 63.2 Å². The summed E-state index contributed by atoms with van der Waals surface area (Å²) in [5.41, 5.74) is 2.27. The molecule has 0 radical (unpaired) electrons. The van der Waals surface area contributed by atoms with E-state index in [4.69, 9.17) is 4.74 Å². The van der Waals surface area contributed by atoms with Crippen LogP contribution in [0.4, 0.5) is 5.69 Å². The molecule has 19 heavy (non-hydrogen) atoms. The minimum absolute atomic E-state index is 0.129. The van der Waals surface area contributed by atoms with Crippen molar-refractivity contribution >= 4 is 11.6 Å². The van der Waals surface area contributed by atoms with E-state index < -0.39 is 0 Å². The van der Waals surface area contributed by atoms with Gasteiger partial charge in [0.1, 0.15) is 0 Å². The van der Waals surface area contributed by atoms with Crippen LogP contribution in [0.3, 0.4) is 0 Å². The van der Waals surface area contributed by atoms with Crippen LogP contribution >= 0.6 is 0 Å². The summed E-state index contributed by atoms with van der Waals surface area (Å²) in [5, 5.41) is 6.00. The first-order valence-corrected chi connectivity index (χ1v) is 6.65. The summed E-state index contributed by atoms with van der Waals surface area (Å²) in [7, 11) is 0. The maximum atomic E-state index is 12.0. The number of carbonyl (C=O) groups excluding carboxylic acids is 1. The minimum Gasteiger partial charge on any atom is -0.385 e. The van der Waals surface area contributed by atoms with Crippen molar-refractivity contribution in [3.05, 3.63) is 23.5 Å². The van der Waals surface area contributed by atoms with Crippen LogP contribution in [0.25, 0.3) is 0 Å². The first-order valence-electron chi connectivity index (χ1n) is 6.65. The monoisotopic (exact) mass is 265 g/mol. The second kappa shape index (κ2) is 7.74. The Morgan fingerprint density at radius 2 is 2.21 bits per heavy atom. The maximum Gasteiger partial charge on any atom is 0.255 e. The second-order valence-corrected chi connectivity index (χ2v) is 4.58. The van der Waals surface area contributed by atoms with Crippen LogP contribution in [-0.2, 0) is 4.74 Å². The lowest BCUT2D eigenvalue weighted by atomic mass is 10.2. The molecular formula is C14H23N3O2. The summed E-state index contributed by atoms with van der Waals surface area (Å²) < 4.78 is 5.38. The van der Waals surface area contributed by atoms with E-state index in [0.717, 1.165) is 17.9 Å². The Bertz CT molecular complexity index is 419. The molecule has 5 heteroatoms. The maximum absolute atomic E-state index is 12.0. The molecule has 1 heterocycles. The van der Waals surface area contributed by atoms with Gasteiger partial charge in [0.25, 0.3) is 5.91 Å². The van der Waals surface area contributed by atoms with Crippen molar-refractivity contribution < 1.29 is 9.53 Å². The lowest BCUT2D eigenvalue weighted by Crippen LogP contribution is -2.29. The molecule has 1 rings (SSSR count). The summed E-state index contributed by atoms with van der Waals surface area (Å²) in [6.45, 7) is 9.60. The van der Waals surface area contributed by atoms with Crippen molar-refractivity contribution in [1.29, 1.82) is 0 Å². The van der Waals surface area contributed by atoms with E-state index in [2.05, 4.69) is 15.6 Å². The van der Waals surface area contributed by atoms with Crippen LogP contribution in [0.2, 0.25) is 0 Å². The molecule has 0 spiro atoms. The van der Waals surface area contributed by atoms with Crippen LogP contribution < -0.4 is 10.6 Å². The van der Waals surface area contributed by atoms with Gasteiger partial charge in [-0.25, -0.2) is 0 Å². The molecule has 0 aliphatic heterocycles. The summed E-state index contributed by atoms with van der Waals surface area (Å²) in [5.74, 6) is -0.129. The van der Waals surface area contributed by atoms with Crippen molar-refractivity contribution in [1.82, 2.24) is 10.3 Å². The van der Waals surface area contributed by atoms with Crippen LogP contribution in [-0.4, -0.2) is 36.7 Å². The van der Waals surface area contributed by atoms with Gasteiger partial charge in [-0.3, -0.25) is 9.78 Å². The molecule has 1 aromatic rings. The molecule has 2 N–H and O–H groups in total. The molecular weight excluding hydrogens is 242 g/mol. The first kappa shape index (κ1) is 15.4. The Morgan fingerprint density at radius 3 is 2.84 bits per heavy atom. The van der Waals surface area contributed by atoms with Gasteiger partial charge in [0.05, 0.1) is 24.0 Å². The number of aromatic nitrogens is 1. The molecule has 0 unspecified atom stereocenters. The number of amides is 1. The third-order valence-corrected chi connectivity index (χ3v) is 2.49. The highest BCUT2D eigenvalue weighted by Crippen LogP contribution is 2.15. The molecule has 0 saturated heterocycles. The standard InChI is InChI=1S/C14H23N3O2/c1-5-15-13-8-11(4)17-9-12(13)14(18)16-6-7-19-10(2)3/h8-10H,5-7H2,1-4H3,(H,15,17)(H,16,18). The molecule has 0 saturated carbocycles. The highest BCUT2D eigenvalue weighted by molar-refractivity contribution is 5.99. The number of carbonyl (C=O) groups is 1. The third-order valence-electron chi connectivity index (χ3n) is 2.49. The van der Waals surface area contributed by atoms with Crippen LogP contribution in [0.1, 0.15) is 36.8 Å². The zero-order valence-electron chi connectivity index (χ0n) is 12.1. The largest absolute Gasteiger partial charge is 0.385 e. The first-order chi connectivity index (χ1) is 9.04. The lowest BCUT2D eigenvalue weighted by Gasteiger charge is -2.12. The van der Waals surface area contributed by atoms with Crippen LogP contribution in [0.15, 0.2) is 12.3 Å². The quantitative estimate of drug-likeness (QED) is 0.740. The zero-order valence-corrected chi connectivity index (χ0v) is 12.1. The van der Waals surface area contributed by atoms with Gasteiger partial charge < -0.3 is 15.4 Å². The van der Waals surface area contributed by atoms with E-state index in [1.807, 2.05) is 33.8 Å². The van der Waals surface area contributed by atoms with Crippen LogP contribution in [0.5, 0.6) is 0 Å². The Labute approximate surface area is 114 Å². The zero-order chi connectivity index (χ0) is 14.3. The highest BCUT2D eigenvalue weighted by atomic mass is 16.5. The molecule has 5 nitrogen and oxygen atoms in total. The number of hydrogen-bond acceptors (Lipinski definition) is 4. The van der Waals surface area contributed by atoms with Crippen molar-refractivity contribution in [3.63, 3.8) is 0 Å². The average Bonchev–Trinajstić information content (AvgIpc) is 2.35. The van der Waals surface area contributed by atoms with Gasteiger partial charge in [-0.05, 0) is 33.8 Å². The minimum atomic E-state index is -0.129. The number of anilines is 1. The van der Waals surface area contributed by atoms with E-state index in [-0.39, 0.29) is 12.0 Å². The smallest absolute Gasteiger partial charge is 0.255 e. The normalized spacial score (nSPS) is 10.6. The fraction of sp³-hybridized carbons (Fsp3) is 0.571. The molecule has 0 atom stereocenters. The van der Waals surface area contributed by atoms with E-state index in [9.17, 15) is 4.79 Å². The molecule has 106 valence electrons. The summed E-state index contributed by atoms with van der Waals surface area (Å²) in [6.07, 6.45) is 1.78. The summed E-state index contributed by atoms with van der Waals surface area (Å²) >= 11 is 0. The summed E-state index contributed by atoms with van der Waals surface area (Å²) in [4.78, 5) is 16.2. The molecule has 1 amide bonds. The lowest BCUT2D eigenvalue weighted by molar-refractivity contribution is 0.0747. The molecule has 0 bridgehead atoms. The van der Waals surface area contributed by atoms with Crippen molar-refractivity contribution in [3.8, 4) is 0 Å². The number of aryl methyl sites for hydroxylation is 1. The van der Waals surface area contributed by atoms with E-state index in [1.54, 1.807) is 6.20 Å². The number of nitrogens with zero attached hydrogens (tertiary/aromatic N) is 1. The molecule has 1 aromatic heterocycles. The van der Waals surface area contributed by atoms with Gasteiger partial charge in [-0.15, -0.1) is 0 Å². The van der Waals surface area contributed by atoms with Crippen LogP contribution in [0, 0.1) is 6.92 Å². The predicted octanol–water partition coefficient (Wildman–Crippen LogP) is 1.98. The van der Waals surface area contributed by atoms with Gasteiger partial charge in [-0.1, -0.05) is 0 Å². The van der Waals surface area contributed by atoms with Crippen molar-refractivity contribution in [2.75, 3.05) is 25.0 Å². The Balaban J connectivity index is 2.60. The van der Waals surface area contributed by atoms with E-state index >= 15 is 0 Å². The molecule has 0 aliphatic rings. The molecule has 0 fully saturated rings.